The van der Waals surface area contributed by atoms with Gasteiger partial charge in [0.25, 0.3) is 0 Å². The van der Waals surface area contributed by atoms with Gasteiger partial charge >= 0.3 is 0 Å². The minimum atomic E-state index is -0.803. The number of hydrogen-bond donors (Lipinski definition) is 1. The zero-order valence-corrected chi connectivity index (χ0v) is 18.4. The van der Waals surface area contributed by atoms with Crippen molar-refractivity contribution in [2.24, 2.45) is 0 Å². The maximum Gasteiger partial charge on any atom is 0.232 e. The van der Waals surface area contributed by atoms with Crippen molar-refractivity contribution in [2.45, 2.75) is 63.0 Å². The summed E-state index contributed by atoms with van der Waals surface area (Å²) in [5.41, 5.74) is -0.0185. The molecule has 3 aliphatic heterocycles. The summed E-state index contributed by atoms with van der Waals surface area (Å²) < 4.78 is 19.5. The van der Waals surface area contributed by atoms with Gasteiger partial charge in [-0.05, 0) is 56.3 Å². The fraction of sp³-hybridized carbons (Fsp3) is 0.667. The van der Waals surface area contributed by atoms with Gasteiger partial charge in [-0.2, -0.15) is 0 Å². The number of carbonyl (C=O) groups is 2. The lowest BCUT2D eigenvalue weighted by atomic mass is 9.77. The van der Waals surface area contributed by atoms with Gasteiger partial charge in [0.1, 0.15) is 5.82 Å². The van der Waals surface area contributed by atoms with Crippen molar-refractivity contribution in [1.29, 1.82) is 0 Å². The first kappa shape index (κ1) is 22.2. The first-order valence-electron chi connectivity index (χ1n) is 11.7. The van der Waals surface area contributed by atoms with Gasteiger partial charge in [-0.25, -0.2) is 4.39 Å². The van der Waals surface area contributed by atoms with Crippen molar-refractivity contribution >= 4 is 11.8 Å². The molecular formula is C24H34FN3O3. The molecule has 31 heavy (non-hydrogen) atoms. The molecule has 3 aliphatic rings. The van der Waals surface area contributed by atoms with Gasteiger partial charge in [-0.15, -0.1) is 0 Å². The normalized spacial score (nSPS) is 27.0. The summed E-state index contributed by atoms with van der Waals surface area (Å²) in [6.45, 7) is 7.01. The molecule has 3 saturated heterocycles. The fourth-order valence-corrected chi connectivity index (χ4v) is 5.34. The highest BCUT2D eigenvalue weighted by Gasteiger charge is 2.53. The molecule has 0 saturated carbocycles. The van der Waals surface area contributed by atoms with Crippen LogP contribution in [0.1, 0.15) is 51.0 Å². The maximum atomic E-state index is 13.5. The predicted octanol–water partition coefficient (Wildman–Crippen LogP) is 2.47. The van der Waals surface area contributed by atoms with Crippen molar-refractivity contribution in [1.82, 2.24) is 15.1 Å². The van der Waals surface area contributed by atoms with Gasteiger partial charge in [0, 0.05) is 45.2 Å². The Bertz CT molecular complexity index is 779. The van der Waals surface area contributed by atoms with E-state index in [4.69, 9.17) is 4.74 Å². The monoisotopic (exact) mass is 431 g/mol. The highest BCUT2D eigenvalue weighted by atomic mass is 19.1. The van der Waals surface area contributed by atoms with Crippen molar-refractivity contribution < 1.29 is 18.7 Å². The quantitative estimate of drug-likeness (QED) is 0.643. The van der Waals surface area contributed by atoms with Crippen LogP contribution in [-0.2, 0) is 19.7 Å². The van der Waals surface area contributed by atoms with Gasteiger partial charge in [0.05, 0.1) is 11.5 Å². The Balaban J connectivity index is 1.31. The number of piperidine rings is 1. The molecule has 1 aromatic rings. The van der Waals surface area contributed by atoms with Crippen LogP contribution in [0, 0.1) is 5.82 Å². The molecule has 0 spiro atoms. The van der Waals surface area contributed by atoms with E-state index < -0.39 is 5.41 Å². The lowest BCUT2D eigenvalue weighted by molar-refractivity contribution is -0.129. The van der Waals surface area contributed by atoms with Gasteiger partial charge in [0.15, 0.2) is 0 Å². The molecule has 6 nitrogen and oxygen atoms in total. The lowest BCUT2D eigenvalue weighted by Gasteiger charge is -2.31. The number of fused-ring (bicyclic) bond motifs is 1. The Labute approximate surface area is 184 Å². The summed E-state index contributed by atoms with van der Waals surface area (Å²) in [6, 6.07) is 6.27. The Morgan fingerprint density at radius 1 is 1.23 bits per heavy atom. The minimum Gasteiger partial charge on any atom is -0.378 e. The molecule has 7 heteroatoms. The molecule has 170 valence electrons. The molecule has 0 aliphatic carbocycles. The highest BCUT2D eigenvalue weighted by molar-refractivity contribution is 5.91. The molecule has 3 heterocycles. The summed E-state index contributed by atoms with van der Waals surface area (Å²) in [4.78, 5) is 29.9. The van der Waals surface area contributed by atoms with Gasteiger partial charge in [-0.1, -0.05) is 19.1 Å². The first-order valence-corrected chi connectivity index (χ1v) is 11.7. The second-order valence-corrected chi connectivity index (χ2v) is 9.12. The highest BCUT2D eigenvalue weighted by Crippen LogP contribution is 2.43. The van der Waals surface area contributed by atoms with Gasteiger partial charge in [0.2, 0.25) is 11.8 Å². The SMILES string of the molecule is CCN1CCC(OCCCNC(=O)[C@@]2(c3ccc(F)cc3)C[C@@H]3CCC(=O)N3C2)CC1. The van der Waals surface area contributed by atoms with E-state index in [0.29, 0.717) is 38.6 Å². The molecule has 1 N–H and O–H groups in total. The van der Waals surface area contributed by atoms with Gasteiger partial charge < -0.3 is 19.9 Å². The van der Waals surface area contributed by atoms with E-state index in [2.05, 4.69) is 17.1 Å². The van der Waals surface area contributed by atoms with E-state index >= 15 is 0 Å². The number of benzene rings is 1. The second-order valence-electron chi connectivity index (χ2n) is 9.12. The van der Waals surface area contributed by atoms with Crippen molar-refractivity contribution in [3.8, 4) is 0 Å². The van der Waals surface area contributed by atoms with E-state index in [1.807, 2.05) is 4.90 Å². The Kier molecular flexibility index (Phi) is 6.92. The van der Waals surface area contributed by atoms with Crippen LogP contribution in [0.4, 0.5) is 4.39 Å². The average Bonchev–Trinajstić information content (AvgIpc) is 3.34. The number of likely N-dealkylation sites (tertiary alicyclic amines) is 1. The molecule has 1 aromatic carbocycles. The lowest BCUT2D eigenvalue weighted by Crippen LogP contribution is -2.47. The Hall–Kier alpha value is -1.99. The number of halogens is 1. The number of rotatable bonds is 8. The van der Waals surface area contributed by atoms with Crippen LogP contribution in [0.15, 0.2) is 24.3 Å². The van der Waals surface area contributed by atoms with E-state index in [1.54, 1.807) is 12.1 Å². The van der Waals surface area contributed by atoms with E-state index in [1.165, 1.54) is 12.1 Å². The van der Waals surface area contributed by atoms with Crippen molar-refractivity contribution in [3.63, 3.8) is 0 Å². The largest absolute Gasteiger partial charge is 0.378 e. The summed E-state index contributed by atoms with van der Waals surface area (Å²) in [6.07, 6.45) is 5.16. The minimum absolute atomic E-state index is 0.0717. The third kappa shape index (κ3) is 4.77. The van der Waals surface area contributed by atoms with Crippen LogP contribution in [0.3, 0.4) is 0 Å². The summed E-state index contributed by atoms with van der Waals surface area (Å²) in [7, 11) is 0. The molecule has 2 amide bonds. The summed E-state index contributed by atoms with van der Waals surface area (Å²) in [5, 5.41) is 3.08. The fourth-order valence-electron chi connectivity index (χ4n) is 5.34. The van der Waals surface area contributed by atoms with E-state index in [0.717, 1.165) is 50.9 Å². The molecular weight excluding hydrogens is 397 g/mol. The van der Waals surface area contributed by atoms with Crippen LogP contribution in [0.2, 0.25) is 0 Å². The zero-order valence-electron chi connectivity index (χ0n) is 18.4. The number of amides is 2. The number of nitrogens with one attached hydrogen (secondary N) is 1. The molecule has 0 unspecified atom stereocenters. The molecule has 0 bridgehead atoms. The Morgan fingerprint density at radius 3 is 2.65 bits per heavy atom. The molecule has 0 radical (unpaired) electrons. The smallest absolute Gasteiger partial charge is 0.232 e. The number of nitrogens with zero attached hydrogens (tertiary/aromatic N) is 2. The molecule has 3 fully saturated rings. The van der Waals surface area contributed by atoms with Crippen LogP contribution in [-0.4, -0.2) is 73.1 Å². The number of carbonyl (C=O) groups excluding carboxylic acids is 2. The predicted molar refractivity (Wildman–Crippen MR) is 116 cm³/mol. The average molecular weight is 432 g/mol. The standard InChI is InChI=1S/C24H34FN3O3/c1-2-27-13-10-21(11-14-27)31-15-3-12-26-23(30)24(18-4-6-19(25)7-5-18)16-20-8-9-22(29)28(20)17-24/h4-7,20-21H,2-3,8-17H2,1H3,(H,26,30)/t20-,24-/m0/s1. The van der Waals surface area contributed by atoms with Crippen LogP contribution in [0.5, 0.6) is 0 Å². The zero-order chi connectivity index (χ0) is 21.8. The first-order chi connectivity index (χ1) is 15.0. The van der Waals surface area contributed by atoms with Crippen molar-refractivity contribution in [3.05, 3.63) is 35.6 Å². The number of hydrogen-bond acceptors (Lipinski definition) is 4. The third-order valence-electron chi connectivity index (χ3n) is 7.25. The van der Waals surface area contributed by atoms with Crippen LogP contribution < -0.4 is 5.32 Å². The molecule has 2 atom stereocenters. The van der Waals surface area contributed by atoms with Gasteiger partial charge in [-0.3, -0.25) is 9.59 Å². The molecule has 4 rings (SSSR count). The van der Waals surface area contributed by atoms with Crippen LogP contribution in [0.25, 0.3) is 0 Å². The number of ether oxygens (including phenoxy) is 1. The second kappa shape index (κ2) is 9.65. The maximum absolute atomic E-state index is 13.5. The molecule has 0 aromatic heterocycles. The van der Waals surface area contributed by atoms with E-state index in [9.17, 15) is 14.0 Å². The summed E-state index contributed by atoms with van der Waals surface area (Å²) >= 11 is 0. The topological polar surface area (TPSA) is 61.9 Å². The summed E-state index contributed by atoms with van der Waals surface area (Å²) in [5.74, 6) is -0.280. The third-order valence-corrected chi connectivity index (χ3v) is 7.25. The van der Waals surface area contributed by atoms with Crippen molar-refractivity contribution in [2.75, 3.05) is 39.3 Å². The van der Waals surface area contributed by atoms with Crippen LogP contribution >= 0.6 is 0 Å². The Morgan fingerprint density at radius 2 is 1.97 bits per heavy atom. The van der Waals surface area contributed by atoms with E-state index in [-0.39, 0.29) is 23.7 Å².